The van der Waals surface area contributed by atoms with Gasteiger partial charge in [-0.2, -0.15) is 0 Å². The molecular weight excluding hydrogens is 306 g/mol. The van der Waals surface area contributed by atoms with E-state index in [4.69, 9.17) is 11.6 Å². The molecule has 1 aromatic heterocycles. The highest BCUT2D eigenvalue weighted by Gasteiger charge is 2.34. The Morgan fingerprint density at radius 3 is 2.75 bits per heavy atom. The van der Waals surface area contributed by atoms with Gasteiger partial charge < -0.3 is 5.32 Å². The Hall–Kier alpha value is 0.430. The summed E-state index contributed by atoms with van der Waals surface area (Å²) in [5.74, 6) is 0. The molecular formula is C12H17BrClNS. The minimum atomic E-state index is 0.596. The smallest absolute Gasteiger partial charge is 0.107 e. The van der Waals surface area contributed by atoms with Gasteiger partial charge in [-0.3, -0.25) is 0 Å². The maximum atomic E-state index is 6.01. The van der Waals surface area contributed by atoms with Gasteiger partial charge in [-0.1, -0.05) is 24.9 Å². The van der Waals surface area contributed by atoms with Crippen molar-refractivity contribution in [1.29, 1.82) is 0 Å². The predicted molar refractivity (Wildman–Crippen MR) is 75.3 cm³/mol. The Kier molecular flexibility index (Phi) is 4.33. The van der Waals surface area contributed by atoms with Gasteiger partial charge >= 0.3 is 0 Å². The zero-order chi connectivity index (χ0) is 11.6. The summed E-state index contributed by atoms with van der Waals surface area (Å²) in [4.78, 5) is 1.31. The highest BCUT2D eigenvalue weighted by Crippen LogP contribution is 2.43. The first-order valence-corrected chi connectivity index (χ1v) is 7.78. The number of thiophene rings is 1. The van der Waals surface area contributed by atoms with E-state index in [0.29, 0.717) is 5.41 Å². The summed E-state index contributed by atoms with van der Waals surface area (Å²) >= 11 is 11.1. The zero-order valence-electron chi connectivity index (χ0n) is 9.48. The summed E-state index contributed by atoms with van der Waals surface area (Å²) in [6.07, 6.45) is 5.50. The van der Waals surface area contributed by atoms with Crippen LogP contribution in [0.4, 0.5) is 0 Å². The van der Waals surface area contributed by atoms with Crippen molar-refractivity contribution in [2.75, 3.05) is 6.54 Å². The van der Waals surface area contributed by atoms with Crippen LogP contribution in [0.25, 0.3) is 0 Å². The van der Waals surface area contributed by atoms with Crippen LogP contribution in [0.1, 0.15) is 37.5 Å². The SMILES string of the molecule is CCC1(CNCc2cc(Br)c(Cl)s2)CCC1. The lowest BCUT2D eigenvalue weighted by atomic mass is 9.67. The minimum Gasteiger partial charge on any atom is -0.311 e. The standard InChI is InChI=1S/C12H17BrClNS/c1-2-12(4-3-5-12)8-15-7-9-6-10(13)11(14)16-9/h6,15H,2-5,7-8H2,1H3. The molecule has 0 spiro atoms. The molecule has 2 rings (SSSR count). The molecule has 1 nitrogen and oxygen atoms in total. The molecule has 1 N–H and O–H groups in total. The maximum Gasteiger partial charge on any atom is 0.107 e. The Morgan fingerprint density at radius 1 is 1.56 bits per heavy atom. The van der Waals surface area contributed by atoms with Gasteiger partial charge in [0.1, 0.15) is 4.34 Å². The largest absolute Gasteiger partial charge is 0.311 e. The number of nitrogens with one attached hydrogen (secondary N) is 1. The first kappa shape index (κ1) is 12.9. The Morgan fingerprint density at radius 2 is 2.31 bits per heavy atom. The second-order valence-corrected chi connectivity index (χ2v) is 7.24. The van der Waals surface area contributed by atoms with Crippen molar-refractivity contribution in [2.24, 2.45) is 5.41 Å². The fourth-order valence-corrected chi connectivity index (χ4v) is 4.02. The van der Waals surface area contributed by atoms with Crippen LogP contribution in [0, 0.1) is 5.41 Å². The van der Waals surface area contributed by atoms with E-state index in [0.717, 1.165) is 21.9 Å². The number of hydrogen-bond acceptors (Lipinski definition) is 2. The zero-order valence-corrected chi connectivity index (χ0v) is 12.6. The first-order chi connectivity index (χ1) is 7.65. The van der Waals surface area contributed by atoms with E-state index in [2.05, 4.69) is 34.2 Å². The second kappa shape index (κ2) is 5.38. The minimum absolute atomic E-state index is 0.596. The molecule has 4 heteroatoms. The lowest BCUT2D eigenvalue weighted by Crippen LogP contribution is -2.39. The summed E-state index contributed by atoms with van der Waals surface area (Å²) < 4.78 is 1.87. The van der Waals surface area contributed by atoms with Crippen molar-refractivity contribution in [2.45, 2.75) is 39.2 Å². The Bertz CT molecular complexity index is 335. The highest BCUT2D eigenvalue weighted by atomic mass is 79.9. The van der Waals surface area contributed by atoms with Crippen LogP contribution >= 0.6 is 38.9 Å². The third-order valence-corrected chi connectivity index (χ3v) is 6.13. The van der Waals surface area contributed by atoms with E-state index in [9.17, 15) is 0 Å². The first-order valence-electron chi connectivity index (χ1n) is 5.80. The molecule has 1 aromatic rings. The third-order valence-electron chi connectivity index (χ3n) is 3.66. The molecule has 1 aliphatic rings. The maximum absolute atomic E-state index is 6.01. The van der Waals surface area contributed by atoms with Gasteiger partial charge in [0.05, 0.1) is 0 Å². The fraction of sp³-hybridized carbons (Fsp3) is 0.667. The summed E-state index contributed by atoms with van der Waals surface area (Å²) in [5, 5.41) is 3.57. The Labute approximate surface area is 115 Å². The van der Waals surface area contributed by atoms with E-state index in [1.165, 1.54) is 30.6 Å². The summed E-state index contributed by atoms with van der Waals surface area (Å²) in [6, 6.07) is 2.11. The topological polar surface area (TPSA) is 12.0 Å². The van der Waals surface area contributed by atoms with Crippen LogP contribution in [0.2, 0.25) is 4.34 Å². The molecule has 0 aliphatic heterocycles. The van der Waals surface area contributed by atoms with Crippen molar-refractivity contribution in [3.8, 4) is 0 Å². The van der Waals surface area contributed by atoms with Crippen molar-refractivity contribution < 1.29 is 0 Å². The molecule has 16 heavy (non-hydrogen) atoms. The number of hydrogen-bond donors (Lipinski definition) is 1. The molecule has 0 bridgehead atoms. The van der Waals surface area contributed by atoms with Gasteiger partial charge in [0, 0.05) is 22.4 Å². The van der Waals surface area contributed by atoms with Crippen molar-refractivity contribution in [3.63, 3.8) is 0 Å². The number of rotatable bonds is 5. The van der Waals surface area contributed by atoms with Gasteiger partial charge in [0.2, 0.25) is 0 Å². The number of halogens is 2. The average Bonchev–Trinajstić information content (AvgIpc) is 2.51. The molecule has 0 aromatic carbocycles. The molecule has 0 unspecified atom stereocenters. The quantitative estimate of drug-likeness (QED) is 0.818. The molecule has 0 amide bonds. The Balaban J connectivity index is 1.79. The van der Waals surface area contributed by atoms with E-state index < -0.39 is 0 Å². The normalized spacial score (nSPS) is 18.4. The van der Waals surface area contributed by atoms with Gasteiger partial charge in [-0.25, -0.2) is 0 Å². The monoisotopic (exact) mass is 321 g/mol. The van der Waals surface area contributed by atoms with Crippen LogP contribution < -0.4 is 5.32 Å². The van der Waals surface area contributed by atoms with Gasteiger partial charge in [-0.15, -0.1) is 11.3 Å². The van der Waals surface area contributed by atoms with Gasteiger partial charge in [0.25, 0.3) is 0 Å². The molecule has 1 aliphatic carbocycles. The van der Waals surface area contributed by atoms with E-state index >= 15 is 0 Å². The van der Waals surface area contributed by atoms with Crippen LogP contribution in [0.15, 0.2) is 10.5 Å². The van der Waals surface area contributed by atoms with Crippen LogP contribution in [-0.2, 0) is 6.54 Å². The van der Waals surface area contributed by atoms with Crippen molar-refractivity contribution >= 4 is 38.9 Å². The summed E-state index contributed by atoms with van der Waals surface area (Å²) in [6.45, 7) is 4.40. The van der Waals surface area contributed by atoms with E-state index in [1.807, 2.05) is 0 Å². The van der Waals surface area contributed by atoms with Crippen LogP contribution in [-0.4, -0.2) is 6.54 Å². The predicted octanol–water partition coefficient (Wildman–Crippen LogP) is 4.83. The highest BCUT2D eigenvalue weighted by molar-refractivity contribution is 9.10. The molecule has 0 saturated heterocycles. The summed E-state index contributed by atoms with van der Waals surface area (Å²) in [5.41, 5.74) is 0.596. The molecule has 1 heterocycles. The summed E-state index contributed by atoms with van der Waals surface area (Å²) in [7, 11) is 0. The van der Waals surface area contributed by atoms with Crippen molar-refractivity contribution in [3.05, 3.63) is 19.8 Å². The molecule has 1 fully saturated rings. The van der Waals surface area contributed by atoms with Gasteiger partial charge in [0.15, 0.2) is 0 Å². The third kappa shape index (κ3) is 2.81. The van der Waals surface area contributed by atoms with Crippen LogP contribution in [0.5, 0.6) is 0 Å². The van der Waals surface area contributed by atoms with Gasteiger partial charge in [-0.05, 0) is 46.7 Å². The molecule has 0 radical (unpaired) electrons. The average molecular weight is 323 g/mol. The second-order valence-electron chi connectivity index (χ2n) is 4.65. The fourth-order valence-electron chi connectivity index (χ4n) is 2.26. The molecule has 1 saturated carbocycles. The van der Waals surface area contributed by atoms with Crippen LogP contribution in [0.3, 0.4) is 0 Å². The van der Waals surface area contributed by atoms with E-state index in [1.54, 1.807) is 11.3 Å². The molecule has 90 valence electrons. The lowest BCUT2D eigenvalue weighted by molar-refractivity contribution is 0.124. The van der Waals surface area contributed by atoms with Crippen molar-refractivity contribution in [1.82, 2.24) is 5.32 Å². The molecule has 0 atom stereocenters. The lowest BCUT2D eigenvalue weighted by Gasteiger charge is -2.41. The van der Waals surface area contributed by atoms with E-state index in [-0.39, 0.29) is 0 Å².